The Balaban J connectivity index is 1.79. The number of hydrogen-bond acceptors (Lipinski definition) is 8. The molecule has 116 valence electrons. The molecule has 0 atom stereocenters. The van der Waals surface area contributed by atoms with Gasteiger partial charge in [-0.1, -0.05) is 0 Å². The quantitative estimate of drug-likeness (QED) is 0.525. The minimum Gasteiger partial charge on any atom is -0.396 e. The van der Waals surface area contributed by atoms with Crippen LogP contribution in [0, 0.1) is 5.92 Å². The number of hydrazine groups is 1. The first-order valence-electron chi connectivity index (χ1n) is 7.63. The molecule has 21 heavy (non-hydrogen) atoms. The van der Waals surface area contributed by atoms with Crippen molar-refractivity contribution in [3.05, 3.63) is 0 Å². The van der Waals surface area contributed by atoms with E-state index in [4.69, 9.17) is 5.84 Å². The molecule has 2 aliphatic heterocycles. The number of aromatic nitrogens is 3. The molecule has 0 aliphatic carbocycles. The van der Waals surface area contributed by atoms with Crippen LogP contribution in [0.5, 0.6) is 0 Å². The van der Waals surface area contributed by atoms with E-state index in [1.807, 2.05) is 0 Å². The normalized spacial score (nSPS) is 20.1. The summed E-state index contributed by atoms with van der Waals surface area (Å²) in [6.07, 6.45) is 4.28. The van der Waals surface area contributed by atoms with Crippen LogP contribution in [-0.2, 0) is 0 Å². The van der Waals surface area contributed by atoms with Gasteiger partial charge in [-0.2, -0.15) is 15.0 Å². The topological polar surface area (TPSA) is 103 Å². The van der Waals surface area contributed by atoms with Crippen LogP contribution >= 0.6 is 0 Å². The zero-order valence-electron chi connectivity index (χ0n) is 12.2. The number of rotatable bonds is 4. The minimum absolute atomic E-state index is 0.264. The maximum absolute atomic E-state index is 9.22. The molecule has 0 aromatic carbocycles. The summed E-state index contributed by atoms with van der Waals surface area (Å²) < 4.78 is 0. The van der Waals surface area contributed by atoms with Gasteiger partial charge in [0.05, 0.1) is 0 Å². The number of nitrogens with two attached hydrogens (primary N) is 1. The lowest BCUT2D eigenvalue weighted by molar-refractivity contribution is 0.202. The predicted octanol–water partition coefficient (Wildman–Crippen LogP) is -0.0339. The van der Waals surface area contributed by atoms with E-state index in [1.54, 1.807) is 0 Å². The van der Waals surface area contributed by atoms with Gasteiger partial charge < -0.3 is 14.9 Å². The van der Waals surface area contributed by atoms with Gasteiger partial charge in [-0.15, -0.1) is 0 Å². The summed E-state index contributed by atoms with van der Waals surface area (Å²) in [7, 11) is 0. The summed E-state index contributed by atoms with van der Waals surface area (Å²) in [6, 6.07) is 0. The highest BCUT2D eigenvalue weighted by Crippen LogP contribution is 2.24. The third kappa shape index (κ3) is 3.16. The van der Waals surface area contributed by atoms with E-state index >= 15 is 0 Å². The van der Waals surface area contributed by atoms with Gasteiger partial charge in [-0.3, -0.25) is 5.43 Å². The largest absolute Gasteiger partial charge is 0.396 e. The lowest BCUT2D eigenvalue weighted by atomic mass is 9.98. The summed E-state index contributed by atoms with van der Waals surface area (Å²) in [4.78, 5) is 17.7. The molecule has 2 aliphatic rings. The summed E-state index contributed by atoms with van der Waals surface area (Å²) in [5.74, 6) is 7.67. The fourth-order valence-corrected chi connectivity index (χ4v) is 2.93. The number of nitrogens with zero attached hydrogens (tertiary/aromatic N) is 5. The van der Waals surface area contributed by atoms with Crippen molar-refractivity contribution in [2.45, 2.75) is 25.7 Å². The van der Waals surface area contributed by atoms with Crippen LogP contribution in [-0.4, -0.2) is 52.8 Å². The molecular formula is C13H23N7O. The SMILES string of the molecule is NNc1nc(N2CCCC2)nc(N2CCC(CO)CC2)n1. The van der Waals surface area contributed by atoms with Gasteiger partial charge in [-0.25, -0.2) is 5.84 Å². The molecule has 0 amide bonds. The second kappa shape index (κ2) is 6.40. The van der Waals surface area contributed by atoms with Gasteiger partial charge in [0.1, 0.15) is 0 Å². The number of nitrogen functional groups attached to an aromatic ring is 1. The predicted molar refractivity (Wildman–Crippen MR) is 81.1 cm³/mol. The number of hydrogen-bond donors (Lipinski definition) is 3. The third-order valence-corrected chi connectivity index (χ3v) is 4.29. The molecule has 0 unspecified atom stereocenters. The van der Waals surface area contributed by atoms with E-state index in [1.165, 1.54) is 12.8 Å². The van der Waals surface area contributed by atoms with Crippen LogP contribution in [0.3, 0.4) is 0 Å². The van der Waals surface area contributed by atoms with Crippen molar-refractivity contribution < 1.29 is 5.11 Å². The third-order valence-electron chi connectivity index (χ3n) is 4.29. The van der Waals surface area contributed by atoms with Gasteiger partial charge in [-0.05, 0) is 31.6 Å². The summed E-state index contributed by atoms with van der Waals surface area (Å²) in [5.41, 5.74) is 2.53. The zero-order valence-corrected chi connectivity index (χ0v) is 12.2. The molecule has 1 aromatic rings. The van der Waals surface area contributed by atoms with E-state index in [2.05, 4.69) is 30.2 Å². The molecule has 2 saturated heterocycles. The van der Waals surface area contributed by atoms with Crippen LogP contribution in [0.25, 0.3) is 0 Å². The molecule has 0 saturated carbocycles. The Morgan fingerprint density at radius 1 is 1.00 bits per heavy atom. The highest BCUT2D eigenvalue weighted by molar-refractivity contribution is 5.45. The first-order chi connectivity index (χ1) is 10.3. The standard InChI is InChI=1S/C13H23N7O/c14-18-11-15-12(19-5-1-2-6-19)17-13(16-11)20-7-3-10(9-21)4-8-20/h10,21H,1-9,14H2,(H,15,16,17,18). The van der Waals surface area contributed by atoms with Crippen LogP contribution in [0.4, 0.5) is 17.8 Å². The molecule has 8 nitrogen and oxygen atoms in total. The molecule has 0 spiro atoms. The Hall–Kier alpha value is -1.67. The van der Waals surface area contributed by atoms with Crippen molar-refractivity contribution >= 4 is 17.8 Å². The van der Waals surface area contributed by atoms with E-state index in [9.17, 15) is 5.11 Å². The summed E-state index contributed by atoms with van der Waals surface area (Å²) >= 11 is 0. The first kappa shape index (κ1) is 14.3. The van der Waals surface area contributed by atoms with Crippen LogP contribution in [0.2, 0.25) is 0 Å². The fraction of sp³-hybridized carbons (Fsp3) is 0.769. The molecule has 3 heterocycles. The second-order valence-electron chi connectivity index (χ2n) is 5.71. The van der Waals surface area contributed by atoms with Gasteiger partial charge in [0.15, 0.2) is 0 Å². The number of aliphatic hydroxyl groups is 1. The smallest absolute Gasteiger partial charge is 0.243 e. The van der Waals surface area contributed by atoms with E-state index in [0.717, 1.165) is 39.0 Å². The molecule has 4 N–H and O–H groups in total. The monoisotopic (exact) mass is 293 g/mol. The molecule has 1 aromatic heterocycles. The Morgan fingerprint density at radius 2 is 1.57 bits per heavy atom. The molecule has 8 heteroatoms. The number of piperidine rings is 1. The van der Waals surface area contributed by atoms with Gasteiger partial charge in [0.2, 0.25) is 17.8 Å². The van der Waals surface area contributed by atoms with Gasteiger partial charge in [0, 0.05) is 32.8 Å². The lowest BCUT2D eigenvalue weighted by Gasteiger charge is -2.31. The minimum atomic E-state index is 0.264. The Bertz CT molecular complexity index is 470. The lowest BCUT2D eigenvalue weighted by Crippen LogP contribution is -2.36. The van der Waals surface area contributed by atoms with Crippen molar-refractivity contribution in [3.63, 3.8) is 0 Å². The zero-order chi connectivity index (χ0) is 14.7. The Morgan fingerprint density at radius 3 is 2.10 bits per heavy atom. The fourth-order valence-electron chi connectivity index (χ4n) is 2.93. The first-order valence-corrected chi connectivity index (χ1v) is 7.63. The Labute approximate surface area is 124 Å². The summed E-state index contributed by atoms with van der Waals surface area (Å²) in [6.45, 7) is 3.96. The van der Waals surface area contributed by atoms with E-state index < -0.39 is 0 Å². The summed E-state index contributed by atoms with van der Waals surface area (Å²) in [5, 5.41) is 9.22. The van der Waals surface area contributed by atoms with Crippen molar-refractivity contribution in [2.24, 2.45) is 11.8 Å². The van der Waals surface area contributed by atoms with Crippen LogP contribution in [0.15, 0.2) is 0 Å². The van der Waals surface area contributed by atoms with Crippen molar-refractivity contribution in [1.82, 2.24) is 15.0 Å². The number of anilines is 3. The number of aliphatic hydroxyl groups excluding tert-OH is 1. The Kier molecular flexibility index (Phi) is 4.35. The molecule has 0 bridgehead atoms. The van der Waals surface area contributed by atoms with Crippen molar-refractivity contribution in [3.8, 4) is 0 Å². The maximum Gasteiger partial charge on any atom is 0.243 e. The maximum atomic E-state index is 9.22. The van der Waals surface area contributed by atoms with Gasteiger partial charge in [0.25, 0.3) is 0 Å². The highest BCUT2D eigenvalue weighted by Gasteiger charge is 2.23. The van der Waals surface area contributed by atoms with Crippen LogP contribution in [0.1, 0.15) is 25.7 Å². The van der Waals surface area contributed by atoms with E-state index in [0.29, 0.717) is 23.8 Å². The average molecular weight is 293 g/mol. The molecular weight excluding hydrogens is 270 g/mol. The highest BCUT2D eigenvalue weighted by atomic mass is 16.3. The number of nitrogens with one attached hydrogen (secondary N) is 1. The average Bonchev–Trinajstić information content (AvgIpc) is 3.09. The molecule has 2 fully saturated rings. The van der Waals surface area contributed by atoms with Gasteiger partial charge >= 0.3 is 0 Å². The molecule has 3 rings (SSSR count). The van der Waals surface area contributed by atoms with Crippen molar-refractivity contribution in [1.29, 1.82) is 0 Å². The molecule has 0 radical (unpaired) electrons. The van der Waals surface area contributed by atoms with Crippen LogP contribution < -0.4 is 21.1 Å². The second-order valence-corrected chi connectivity index (χ2v) is 5.71. The van der Waals surface area contributed by atoms with E-state index in [-0.39, 0.29) is 6.61 Å². The van der Waals surface area contributed by atoms with Crippen molar-refractivity contribution in [2.75, 3.05) is 48.0 Å².